The zero-order valence-electron chi connectivity index (χ0n) is 9.12. The summed E-state index contributed by atoms with van der Waals surface area (Å²) in [6.45, 7) is 3.38. The maximum Gasteiger partial charge on any atom is 0.128 e. The van der Waals surface area contributed by atoms with E-state index in [0.717, 1.165) is 12.4 Å². The minimum Gasteiger partial charge on any atom is -0.354 e. The molecular weight excluding hydrogens is 208 g/mol. The summed E-state index contributed by atoms with van der Waals surface area (Å²) >= 11 is 5.84. The fourth-order valence-corrected chi connectivity index (χ4v) is 2.38. The van der Waals surface area contributed by atoms with Gasteiger partial charge in [0, 0.05) is 18.8 Å². The van der Waals surface area contributed by atoms with Crippen molar-refractivity contribution in [1.82, 2.24) is 4.98 Å². The fourth-order valence-electron chi connectivity index (χ4n) is 2.26. The van der Waals surface area contributed by atoms with Crippen LogP contribution in [-0.4, -0.2) is 17.6 Å². The monoisotopic (exact) mass is 224 g/mol. The minimum absolute atomic E-state index is 0.660. The highest BCUT2D eigenvalue weighted by atomic mass is 35.5. The van der Waals surface area contributed by atoms with Gasteiger partial charge >= 0.3 is 0 Å². The van der Waals surface area contributed by atoms with Crippen LogP contribution in [0, 0.1) is 0 Å². The molecule has 1 fully saturated rings. The summed E-state index contributed by atoms with van der Waals surface area (Å²) in [4.78, 5) is 6.81. The molecule has 0 bridgehead atoms. The molecule has 1 unspecified atom stereocenters. The number of halogens is 1. The third-order valence-corrected chi connectivity index (χ3v) is 3.33. The van der Waals surface area contributed by atoms with Crippen LogP contribution < -0.4 is 4.90 Å². The number of anilines is 1. The van der Waals surface area contributed by atoms with E-state index in [4.69, 9.17) is 11.6 Å². The van der Waals surface area contributed by atoms with Gasteiger partial charge < -0.3 is 4.90 Å². The van der Waals surface area contributed by atoms with Gasteiger partial charge in [-0.2, -0.15) is 0 Å². The molecule has 2 heterocycles. The number of rotatable bonds is 2. The van der Waals surface area contributed by atoms with Crippen molar-refractivity contribution >= 4 is 17.4 Å². The first kappa shape index (κ1) is 10.7. The van der Waals surface area contributed by atoms with E-state index in [0.29, 0.717) is 11.1 Å². The van der Waals surface area contributed by atoms with Gasteiger partial charge in [-0.15, -0.1) is 0 Å². The van der Waals surface area contributed by atoms with E-state index >= 15 is 0 Å². The van der Waals surface area contributed by atoms with Gasteiger partial charge in [0.2, 0.25) is 0 Å². The van der Waals surface area contributed by atoms with E-state index in [1.165, 1.54) is 25.7 Å². The van der Waals surface area contributed by atoms with Crippen LogP contribution >= 0.6 is 11.6 Å². The summed E-state index contributed by atoms with van der Waals surface area (Å²) < 4.78 is 0. The first-order valence-corrected chi connectivity index (χ1v) is 6.07. The molecule has 0 N–H and O–H groups in total. The number of piperidine rings is 1. The highest BCUT2D eigenvalue weighted by Crippen LogP contribution is 2.25. The molecule has 0 spiro atoms. The molecule has 1 aliphatic rings. The van der Waals surface area contributed by atoms with Crippen molar-refractivity contribution < 1.29 is 0 Å². The number of pyridine rings is 1. The van der Waals surface area contributed by atoms with Crippen molar-refractivity contribution in [2.45, 2.75) is 38.6 Å². The third kappa shape index (κ3) is 2.43. The first-order valence-electron chi connectivity index (χ1n) is 5.69. The minimum atomic E-state index is 0.660. The predicted molar refractivity (Wildman–Crippen MR) is 64.5 cm³/mol. The second-order valence-corrected chi connectivity index (χ2v) is 4.52. The van der Waals surface area contributed by atoms with Crippen molar-refractivity contribution in [3.05, 3.63) is 23.4 Å². The molecule has 82 valence electrons. The lowest BCUT2D eigenvalue weighted by molar-refractivity contribution is 0.447. The predicted octanol–water partition coefficient (Wildman–Crippen LogP) is 3.50. The SMILES string of the molecule is CCC1CCCCN1c1ccc(Cl)cn1. The van der Waals surface area contributed by atoms with E-state index in [9.17, 15) is 0 Å². The van der Waals surface area contributed by atoms with Gasteiger partial charge in [0.15, 0.2) is 0 Å². The Balaban J connectivity index is 2.16. The van der Waals surface area contributed by atoms with Gasteiger partial charge in [-0.25, -0.2) is 4.98 Å². The van der Waals surface area contributed by atoms with Crippen LogP contribution in [0.15, 0.2) is 18.3 Å². The lowest BCUT2D eigenvalue weighted by Gasteiger charge is -2.36. The summed E-state index contributed by atoms with van der Waals surface area (Å²) in [6, 6.07) is 4.61. The van der Waals surface area contributed by atoms with E-state index < -0.39 is 0 Å². The van der Waals surface area contributed by atoms with Gasteiger partial charge in [0.1, 0.15) is 5.82 Å². The average Bonchev–Trinajstić information content (AvgIpc) is 2.30. The lowest BCUT2D eigenvalue weighted by Crippen LogP contribution is -2.39. The summed E-state index contributed by atoms with van der Waals surface area (Å²) in [6.07, 6.45) is 6.85. The molecule has 3 heteroatoms. The van der Waals surface area contributed by atoms with E-state index in [1.54, 1.807) is 6.20 Å². The van der Waals surface area contributed by atoms with Gasteiger partial charge in [0.05, 0.1) is 5.02 Å². The van der Waals surface area contributed by atoms with Crippen LogP contribution in [-0.2, 0) is 0 Å². The number of aromatic nitrogens is 1. The average molecular weight is 225 g/mol. The summed E-state index contributed by atoms with van der Waals surface area (Å²) in [5.41, 5.74) is 0. The van der Waals surface area contributed by atoms with Crippen molar-refractivity contribution in [1.29, 1.82) is 0 Å². The Morgan fingerprint density at radius 2 is 2.33 bits per heavy atom. The lowest BCUT2D eigenvalue weighted by atomic mass is 10.00. The van der Waals surface area contributed by atoms with Crippen LogP contribution in [0.4, 0.5) is 5.82 Å². The van der Waals surface area contributed by atoms with Gasteiger partial charge in [-0.1, -0.05) is 18.5 Å². The zero-order valence-corrected chi connectivity index (χ0v) is 9.87. The van der Waals surface area contributed by atoms with E-state index in [-0.39, 0.29) is 0 Å². The van der Waals surface area contributed by atoms with Crippen molar-refractivity contribution in [3.63, 3.8) is 0 Å². The summed E-state index contributed by atoms with van der Waals surface area (Å²) in [7, 11) is 0. The Kier molecular flexibility index (Phi) is 3.47. The summed E-state index contributed by atoms with van der Waals surface area (Å²) in [5.74, 6) is 1.07. The molecule has 0 aromatic carbocycles. The Morgan fingerprint density at radius 1 is 1.47 bits per heavy atom. The molecule has 1 atom stereocenters. The first-order chi connectivity index (χ1) is 7.31. The molecule has 0 saturated carbocycles. The fraction of sp³-hybridized carbons (Fsp3) is 0.583. The van der Waals surface area contributed by atoms with E-state index in [2.05, 4.69) is 16.8 Å². The highest BCUT2D eigenvalue weighted by molar-refractivity contribution is 6.30. The highest BCUT2D eigenvalue weighted by Gasteiger charge is 2.21. The summed E-state index contributed by atoms with van der Waals surface area (Å²) in [5, 5.41) is 0.712. The van der Waals surface area contributed by atoms with Gasteiger partial charge in [-0.3, -0.25) is 0 Å². The van der Waals surface area contributed by atoms with Crippen LogP contribution in [0.1, 0.15) is 32.6 Å². The van der Waals surface area contributed by atoms with Gasteiger partial charge in [-0.05, 0) is 37.8 Å². The van der Waals surface area contributed by atoms with Crippen molar-refractivity contribution in [2.24, 2.45) is 0 Å². The smallest absolute Gasteiger partial charge is 0.128 e. The Bertz CT molecular complexity index is 310. The van der Waals surface area contributed by atoms with Crippen LogP contribution in [0.25, 0.3) is 0 Å². The largest absolute Gasteiger partial charge is 0.354 e. The molecule has 1 aromatic heterocycles. The molecule has 1 aromatic rings. The molecule has 2 nitrogen and oxygen atoms in total. The number of hydrogen-bond acceptors (Lipinski definition) is 2. The van der Waals surface area contributed by atoms with Gasteiger partial charge in [0.25, 0.3) is 0 Å². The van der Waals surface area contributed by atoms with Crippen LogP contribution in [0.2, 0.25) is 5.02 Å². The number of nitrogens with zero attached hydrogens (tertiary/aromatic N) is 2. The quantitative estimate of drug-likeness (QED) is 0.765. The zero-order chi connectivity index (χ0) is 10.7. The molecule has 15 heavy (non-hydrogen) atoms. The Hall–Kier alpha value is -0.760. The Labute approximate surface area is 96.3 Å². The van der Waals surface area contributed by atoms with Crippen LogP contribution in [0.5, 0.6) is 0 Å². The molecule has 0 radical (unpaired) electrons. The second kappa shape index (κ2) is 4.84. The molecule has 1 aliphatic heterocycles. The second-order valence-electron chi connectivity index (χ2n) is 4.09. The van der Waals surface area contributed by atoms with Crippen molar-refractivity contribution in [3.8, 4) is 0 Å². The number of hydrogen-bond donors (Lipinski definition) is 0. The maximum atomic E-state index is 5.84. The topological polar surface area (TPSA) is 16.1 Å². The maximum absolute atomic E-state index is 5.84. The normalized spacial score (nSPS) is 21.7. The van der Waals surface area contributed by atoms with Crippen LogP contribution in [0.3, 0.4) is 0 Å². The Morgan fingerprint density at radius 3 is 3.00 bits per heavy atom. The molecule has 2 rings (SSSR count). The molecular formula is C12H17ClN2. The standard InChI is InChI=1S/C12H17ClN2/c1-2-11-5-3-4-8-15(11)12-7-6-10(13)9-14-12/h6-7,9,11H,2-5,8H2,1H3. The molecule has 0 amide bonds. The third-order valence-electron chi connectivity index (χ3n) is 3.10. The van der Waals surface area contributed by atoms with E-state index in [1.807, 2.05) is 12.1 Å². The van der Waals surface area contributed by atoms with Crippen molar-refractivity contribution in [2.75, 3.05) is 11.4 Å². The molecule has 0 aliphatic carbocycles. The molecule has 1 saturated heterocycles.